The van der Waals surface area contributed by atoms with E-state index in [9.17, 15) is 0 Å². The van der Waals surface area contributed by atoms with E-state index in [-0.39, 0.29) is 31.6 Å². The van der Waals surface area contributed by atoms with Crippen LogP contribution < -0.4 is 0 Å². The molecule has 0 aliphatic carbocycles. The monoisotopic (exact) mass is 491 g/mol. The number of hydrogen-bond donors (Lipinski definition) is 1. The molecule has 1 aromatic rings. The largest absolute Gasteiger partial charge is 0.512 e. The number of hydrogen-bond acceptors (Lipinski definition) is 5. The second-order valence-corrected chi connectivity index (χ2v) is 6.36. The summed E-state index contributed by atoms with van der Waals surface area (Å²) < 4.78 is 4.01. The SMILES string of the molecule is CC(=[OH+])/C=C(/C)O.CC1CN=C(c2[c-]cns2)CS1.[Ir]. The van der Waals surface area contributed by atoms with Crippen molar-refractivity contribution in [3.05, 3.63) is 29.0 Å². The minimum absolute atomic E-state index is 0. The number of allylic oxidation sites excluding steroid dienone is 2. The van der Waals surface area contributed by atoms with Crippen LogP contribution in [0, 0.1) is 6.07 Å². The van der Waals surface area contributed by atoms with Crippen molar-refractivity contribution >= 4 is 34.8 Å². The molecule has 0 amide bonds. The van der Waals surface area contributed by atoms with Gasteiger partial charge in [-0.2, -0.15) is 11.8 Å². The Hall–Kier alpha value is -0.491. The van der Waals surface area contributed by atoms with Gasteiger partial charge in [0.25, 0.3) is 0 Å². The summed E-state index contributed by atoms with van der Waals surface area (Å²) in [7, 11) is 0. The molecular weight excluding hydrogens is 473 g/mol. The summed E-state index contributed by atoms with van der Waals surface area (Å²) in [5.74, 6) is 1.26. The molecule has 0 aromatic carbocycles. The fourth-order valence-electron chi connectivity index (χ4n) is 1.32. The first-order valence-corrected chi connectivity index (χ1v) is 7.68. The zero-order valence-electron chi connectivity index (χ0n) is 11.6. The predicted molar refractivity (Wildman–Crippen MR) is 83.3 cm³/mol. The number of aliphatic hydroxyl groups excluding tert-OH is 1. The Kier molecular flexibility index (Phi) is 10.0. The van der Waals surface area contributed by atoms with Crippen LogP contribution in [-0.4, -0.2) is 43.3 Å². The van der Waals surface area contributed by atoms with Crippen LogP contribution in [0.15, 0.2) is 23.0 Å². The van der Waals surface area contributed by atoms with Gasteiger partial charge in [0.2, 0.25) is 0 Å². The smallest absolute Gasteiger partial charge is 0.316 e. The van der Waals surface area contributed by atoms with Crippen molar-refractivity contribution in [3.8, 4) is 0 Å². The molecule has 1 aromatic heterocycles. The first-order chi connectivity index (χ1) is 8.99. The van der Waals surface area contributed by atoms with Gasteiger partial charge in [0.1, 0.15) is 0 Å². The van der Waals surface area contributed by atoms with E-state index in [0.29, 0.717) is 5.25 Å². The van der Waals surface area contributed by atoms with Crippen molar-refractivity contribution < 1.29 is 30.0 Å². The number of aliphatic hydroxyl groups is 1. The zero-order valence-corrected chi connectivity index (χ0v) is 15.6. The summed E-state index contributed by atoms with van der Waals surface area (Å²) in [4.78, 5) is 14.0. The van der Waals surface area contributed by atoms with Gasteiger partial charge in [0.05, 0.1) is 18.8 Å². The van der Waals surface area contributed by atoms with E-state index in [1.54, 1.807) is 6.20 Å². The summed E-state index contributed by atoms with van der Waals surface area (Å²) in [6.45, 7) is 6.15. The van der Waals surface area contributed by atoms with Crippen molar-refractivity contribution in [2.24, 2.45) is 4.99 Å². The van der Waals surface area contributed by atoms with Crippen LogP contribution in [0.5, 0.6) is 0 Å². The molecule has 7 heteroatoms. The van der Waals surface area contributed by atoms with Crippen LogP contribution in [0.2, 0.25) is 0 Å². The Morgan fingerprint density at radius 3 is 2.60 bits per heavy atom. The van der Waals surface area contributed by atoms with Gasteiger partial charge in [-0.3, -0.25) is 4.79 Å². The Morgan fingerprint density at radius 2 is 2.25 bits per heavy atom. The molecule has 1 aliphatic rings. The van der Waals surface area contributed by atoms with Crippen molar-refractivity contribution in [3.63, 3.8) is 0 Å². The zero-order chi connectivity index (χ0) is 14.3. The quantitative estimate of drug-likeness (QED) is 0.300. The summed E-state index contributed by atoms with van der Waals surface area (Å²) in [6.07, 6.45) is 2.99. The number of thioether (sulfide) groups is 1. The Balaban J connectivity index is 0.000000396. The first-order valence-electron chi connectivity index (χ1n) is 5.86. The van der Waals surface area contributed by atoms with Crippen molar-refractivity contribution in [2.45, 2.75) is 26.0 Å². The normalized spacial score (nSPS) is 18.2. The average Bonchev–Trinajstić information content (AvgIpc) is 2.82. The molecule has 4 nitrogen and oxygen atoms in total. The number of carbonyl (C=O) groups excluding carboxylic acids is 1. The van der Waals surface area contributed by atoms with Gasteiger partial charge in [-0.15, -0.1) is 4.88 Å². The number of ketones is 1. The van der Waals surface area contributed by atoms with E-state index >= 15 is 0 Å². The van der Waals surface area contributed by atoms with Gasteiger partial charge in [-0.25, -0.2) is 10.4 Å². The molecule has 0 saturated carbocycles. The summed E-state index contributed by atoms with van der Waals surface area (Å²) in [5.41, 5.74) is 1.17. The minimum Gasteiger partial charge on any atom is -0.512 e. The number of aliphatic imine (C=N–C) groups is 1. The van der Waals surface area contributed by atoms with Gasteiger partial charge in [0, 0.05) is 31.9 Å². The molecule has 1 unspecified atom stereocenters. The average molecular weight is 491 g/mol. The fraction of sp³-hybridized carbons (Fsp3) is 0.462. The fourth-order valence-corrected chi connectivity index (χ4v) is 2.83. The van der Waals surface area contributed by atoms with Crippen molar-refractivity contribution in [1.29, 1.82) is 0 Å². The Labute approximate surface area is 141 Å². The molecule has 0 saturated heterocycles. The molecule has 2 heterocycles. The third-order valence-electron chi connectivity index (χ3n) is 2.12. The molecule has 113 valence electrons. The maximum atomic E-state index is 8.40. The Morgan fingerprint density at radius 1 is 1.55 bits per heavy atom. The molecule has 0 bridgehead atoms. The predicted octanol–water partition coefficient (Wildman–Crippen LogP) is 2.88. The van der Waals surface area contributed by atoms with Crippen LogP contribution in [0.25, 0.3) is 0 Å². The molecule has 20 heavy (non-hydrogen) atoms. The molecule has 1 aliphatic heterocycles. The van der Waals surface area contributed by atoms with Crippen LogP contribution >= 0.6 is 23.3 Å². The molecular formula is C13H18IrN2O2S2. The molecule has 2 rings (SSSR count). The van der Waals surface area contributed by atoms with Crippen LogP contribution in [0.4, 0.5) is 0 Å². The molecule has 0 spiro atoms. The molecule has 1 radical (unpaired) electrons. The number of aromatic nitrogens is 1. The molecule has 1 atom stereocenters. The molecule has 2 N–H and O–H groups in total. The number of nitrogens with zero attached hydrogens (tertiary/aromatic N) is 2. The van der Waals surface area contributed by atoms with Crippen molar-refractivity contribution in [2.75, 3.05) is 12.3 Å². The van der Waals surface area contributed by atoms with E-state index in [1.807, 2.05) is 11.8 Å². The summed E-state index contributed by atoms with van der Waals surface area (Å²) in [6, 6.07) is 3.08. The third-order valence-corrected chi connectivity index (χ3v) is 4.02. The van der Waals surface area contributed by atoms with E-state index in [2.05, 4.69) is 22.4 Å². The third kappa shape index (κ3) is 7.94. The second-order valence-electron chi connectivity index (χ2n) is 4.14. The Bertz CT molecular complexity index is 469. The van der Waals surface area contributed by atoms with Crippen molar-refractivity contribution in [1.82, 2.24) is 4.37 Å². The van der Waals surface area contributed by atoms with Crippen LogP contribution in [0.1, 0.15) is 25.6 Å². The first kappa shape index (κ1) is 19.5. The van der Waals surface area contributed by atoms with E-state index in [4.69, 9.17) is 9.90 Å². The van der Waals surface area contributed by atoms with Gasteiger partial charge < -0.3 is 10.1 Å². The van der Waals surface area contributed by atoms with Gasteiger partial charge in [0.15, 0.2) is 0 Å². The second kappa shape index (κ2) is 10.3. The standard InChI is InChI=1S/C8H9N2S2.C5H8O2.Ir/c1-6-4-9-7(5-11-6)8-2-3-10-12-8;1-4(6)3-5(2)7;/h3,6H,4-5H2,1H3;3,6H,1-2H3;/q-1;;/p+1/b;4-3-;. The van der Waals surface area contributed by atoms with Gasteiger partial charge >= 0.3 is 5.78 Å². The van der Waals surface area contributed by atoms with E-state index in [0.717, 1.165) is 17.2 Å². The maximum Gasteiger partial charge on any atom is 0.316 e. The minimum atomic E-state index is 0. The van der Waals surface area contributed by atoms with Crippen LogP contribution in [0.3, 0.4) is 0 Å². The summed E-state index contributed by atoms with van der Waals surface area (Å²) >= 11 is 3.43. The van der Waals surface area contributed by atoms with E-state index in [1.165, 1.54) is 37.2 Å². The van der Waals surface area contributed by atoms with Crippen LogP contribution in [-0.2, 0) is 20.1 Å². The summed E-state index contributed by atoms with van der Waals surface area (Å²) in [5, 5.41) is 9.07. The van der Waals surface area contributed by atoms with Gasteiger partial charge in [-0.05, 0) is 18.9 Å². The van der Waals surface area contributed by atoms with E-state index < -0.39 is 0 Å². The topological polar surface area (TPSA) is 66.9 Å². The molecule has 0 fully saturated rings. The number of rotatable bonds is 2. The maximum absolute atomic E-state index is 8.40. The van der Waals surface area contributed by atoms with Gasteiger partial charge in [-0.1, -0.05) is 24.2 Å².